The zero-order chi connectivity index (χ0) is 13.1. The van der Waals surface area contributed by atoms with Crippen LogP contribution in [-0.2, 0) is 0 Å². The molecule has 5 nitrogen and oxygen atoms in total. The van der Waals surface area contributed by atoms with Crippen LogP contribution in [0.5, 0.6) is 0 Å². The fourth-order valence-electron chi connectivity index (χ4n) is 1.94. The minimum Gasteiger partial charge on any atom is -0.362 e. The van der Waals surface area contributed by atoms with Crippen molar-refractivity contribution < 1.29 is 4.92 Å². The van der Waals surface area contributed by atoms with E-state index in [2.05, 4.69) is 28.7 Å². The molecule has 0 aliphatic heterocycles. The summed E-state index contributed by atoms with van der Waals surface area (Å²) in [5, 5.41) is 19.8. The van der Waals surface area contributed by atoms with E-state index in [9.17, 15) is 10.1 Å². The van der Waals surface area contributed by atoms with Crippen molar-refractivity contribution in [3.05, 3.63) is 31.9 Å². The van der Waals surface area contributed by atoms with Crippen LogP contribution in [0.25, 0.3) is 0 Å². The van der Waals surface area contributed by atoms with E-state index in [0.29, 0.717) is 24.7 Å². The number of rotatable bonds is 5. The van der Waals surface area contributed by atoms with E-state index >= 15 is 0 Å². The predicted octanol–water partition coefficient (Wildman–Crippen LogP) is 3.08. The zero-order valence-electron chi connectivity index (χ0n) is 9.67. The van der Waals surface area contributed by atoms with Gasteiger partial charge < -0.3 is 4.90 Å². The van der Waals surface area contributed by atoms with Crippen LogP contribution in [0.1, 0.15) is 19.3 Å². The largest absolute Gasteiger partial charge is 0.362 e. The van der Waals surface area contributed by atoms with Gasteiger partial charge in [-0.2, -0.15) is 5.26 Å². The monoisotopic (exact) mass is 357 g/mol. The molecule has 0 atom stereocenters. The summed E-state index contributed by atoms with van der Waals surface area (Å²) in [5.74, 6) is 0. The molecule has 0 spiro atoms. The van der Waals surface area contributed by atoms with Crippen LogP contribution >= 0.6 is 22.6 Å². The second kappa shape index (κ2) is 5.52. The SMILES string of the molecule is N#CCCN(c1ccc(I)cc1[N+](=O)[O-])C1CC1. The molecule has 0 bridgehead atoms. The van der Waals surface area contributed by atoms with Crippen molar-refractivity contribution in [2.45, 2.75) is 25.3 Å². The van der Waals surface area contributed by atoms with E-state index in [1.54, 1.807) is 12.1 Å². The molecular formula is C12H12IN3O2. The van der Waals surface area contributed by atoms with Gasteiger partial charge in [-0.1, -0.05) is 0 Å². The highest BCUT2D eigenvalue weighted by Gasteiger charge is 2.32. The minimum absolute atomic E-state index is 0.131. The highest BCUT2D eigenvalue weighted by atomic mass is 127. The Bertz CT molecular complexity index is 509. The highest BCUT2D eigenvalue weighted by molar-refractivity contribution is 14.1. The summed E-state index contributed by atoms with van der Waals surface area (Å²) in [7, 11) is 0. The molecule has 1 aromatic carbocycles. The molecule has 2 rings (SSSR count). The summed E-state index contributed by atoms with van der Waals surface area (Å²) >= 11 is 2.07. The van der Waals surface area contributed by atoms with E-state index in [1.165, 1.54) is 0 Å². The fraction of sp³-hybridized carbons (Fsp3) is 0.417. The Hall–Kier alpha value is -1.36. The summed E-state index contributed by atoms with van der Waals surface area (Å²) < 4.78 is 0.846. The smallest absolute Gasteiger partial charge is 0.293 e. The van der Waals surface area contributed by atoms with Gasteiger partial charge in [-0.25, -0.2) is 0 Å². The summed E-state index contributed by atoms with van der Waals surface area (Å²) in [6.07, 6.45) is 2.49. The van der Waals surface area contributed by atoms with Crippen molar-refractivity contribution in [1.29, 1.82) is 5.26 Å². The number of halogens is 1. The first-order chi connectivity index (χ1) is 8.63. The Morgan fingerprint density at radius 3 is 2.83 bits per heavy atom. The second-order valence-corrected chi connectivity index (χ2v) is 5.47. The number of nitrogens with zero attached hydrogens (tertiary/aromatic N) is 3. The maximum Gasteiger partial charge on any atom is 0.293 e. The molecule has 0 radical (unpaired) electrons. The molecule has 0 aromatic heterocycles. The van der Waals surface area contributed by atoms with Crippen LogP contribution in [0.15, 0.2) is 18.2 Å². The molecular weight excluding hydrogens is 345 g/mol. The number of nitro benzene ring substituents is 1. The zero-order valence-corrected chi connectivity index (χ0v) is 11.8. The van der Waals surface area contributed by atoms with E-state index in [0.717, 1.165) is 16.4 Å². The van der Waals surface area contributed by atoms with Crippen LogP contribution < -0.4 is 4.90 Å². The molecule has 0 saturated heterocycles. The first kappa shape index (κ1) is 13.1. The molecule has 1 fully saturated rings. The van der Waals surface area contributed by atoms with Gasteiger partial charge in [0.25, 0.3) is 5.69 Å². The second-order valence-electron chi connectivity index (χ2n) is 4.22. The quantitative estimate of drug-likeness (QED) is 0.461. The maximum absolute atomic E-state index is 11.1. The van der Waals surface area contributed by atoms with Gasteiger partial charge in [0.05, 0.1) is 17.4 Å². The first-order valence-corrected chi connectivity index (χ1v) is 6.79. The molecule has 6 heteroatoms. The van der Waals surface area contributed by atoms with Gasteiger partial charge in [-0.15, -0.1) is 0 Å². The Morgan fingerprint density at radius 2 is 2.28 bits per heavy atom. The third-order valence-electron chi connectivity index (χ3n) is 2.90. The Balaban J connectivity index is 2.34. The van der Waals surface area contributed by atoms with Gasteiger partial charge in [0.1, 0.15) is 5.69 Å². The first-order valence-electron chi connectivity index (χ1n) is 5.71. The average Bonchev–Trinajstić information content (AvgIpc) is 3.15. The predicted molar refractivity (Wildman–Crippen MR) is 76.4 cm³/mol. The molecule has 0 heterocycles. The van der Waals surface area contributed by atoms with Gasteiger partial charge in [0.2, 0.25) is 0 Å². The van der Waals surface area contributed by atoms with Crippen molar-refractivity contribution in [3.8, 4) is 6.07 Å². The summed E-state index contributed by atoms with van der Waals surface area (Å²) in [5.41, 5.74) is 0.768. The fourth-order valence-corrected chi connectivity index (χ4v) is 2.42. The molecule has 1 saturated carbocycles. The van der Waals surface area contributed by atoms with Crippen molar-refractivity contribution in [2.24, 2.45) is 0 Å². The Kier molecular flexibility index (Phi) is 4.01. The summed E-state index contributed by atoms with van der Waals surface area (Å²) in [6, 6.07) is 7.69. The number of hydrogen-bond donors (Lipinski definition) is 0. The van der Waals surface area contributed by atoms with Gasteiger partial charge in [0, 0.05) is 22.2 Å². The minimum atomic E-state index is -0.348. The topological polar surface area (TPSA) is 70.2 Å². The molecule has 1 aliphatic rings. The number of anilines is 1. The average molecular weight is 357 g/mol. The lowest BCUT2D eigenvalue weighted by Crippen LogP contribution is -2.27. The lowest BCUT2D eigenvalue weighted by molar-refractivity contribution is -0.384. The number of hydrogen-bond acceptors (Lipinski definition) is 4. The molecule has 0 unspecified atom stereocenters. The van der Waals surface area contributed by atoms with Gasteiger partial charge in [-0.05, 0) is 47.6 Å². The lowest BCUT2D eigenvalue weighted by atomic mass is 10.2. The number of nitriles is 1. The van der Waals surface area contributed by atoms with Gasteiger partial charge in [-0.3, -0.25) is 10.1 Å². The van der Waals surface area contributed by atoms with Crippen molar-refractivity contribution in [2.75, 3.05) is 11.4 Å². The third-order valence-corrected chi connectivity index (χ3v) is 3.57. The van der Waals surface area contributed by atoms with Gasteiger partial charge >= 0.3 is 0 Å². The van der Waals surface area contributed by atoms with E-state index in [4.69, 9.17) is 5.26 Å². The van der Waals surface area contributed by atoms with Gasteiger partial charge in [0.15, 0.2) is 0 Å². The van der Waals surface area contributed by atoms with Crippen molar-refractivity contribution in [3.63, 3.8) is 0 Å². The Morgan fingerprint density at radius 1 is 1.56 bits per heavy atom. The van der Waals surface area contributed by atoms with Crippen molar-refractivity contribution >= 4 is 34.0 Å². The standard InChI is InChI=1S/C12H12IN3O2/c13-9-2-5-11(12(8-9)16(17)18)15(7-1-6-14)10-3-4-10/h2,5,8,10H,1,3-4,7H2. The molecule has 94 valence electrons. The maximum atomic E-state index is 11.1. The lowest BCUT2D eigenvalue weighted by Gasteiger charge is -2.23. The number of nitro groups is 1. The molecule has 1 aliphatic carbocycles. The normalized spacial score (nSPS) is 14.0. The van der Waals surface area contributed by atoms with Crippen molar-refractivity contribution in [1.82, 2.24) is 0 Å². The van der Waals surface area contributed by atoms with Crippen LogP contribution in [0.4, 0.5) is 11.4 Å². The summed E-state index contributed by atoms with van der Waals surface area (Å²) in [4.78, 5) is 12.8. The highest BCUT2D eigenvalue weighted by Crippen LogP contribution is 2.37. The summed E-state index contributed by atoms with van der Waals surface area (Å²) in [6.45, 7) is 0.558. The third kappa shape index (κ3) is 2.90. The molecule has 0 N–H and O–H groups in total. The van der Waals surface area contributed by atoms with E-state index in [-0.39, 0.29) is 10.6 Å². The van der Waals surface area contributed by atoms with E-state index in [1.807, 2.05) is 11.0 Å². The number of benzene rings is 1. The molecule has 1 aromatic rings. The van der Waals surface area contributed by atoms with Crippen LogP contribution in [0.3, 0.4) is 0 Å². The molecule has 0 amide bonds. The van der Waals surface area contributed by atoms with Crippen LogP contribution in [0.2, 0.25) is 0 Å². The van der Waals surface area contributed by atoms with Crippen LogP contribution in [0, 0.1) is 25.0 Å². The van der Waals surface area contributed by atoms with E-state index < -0.39 is 0 Å². The van der Waals surface area contributed by atoms with Crippen LogP contribution in [-0.4, -0.2) is 17.5 Å². The molecule has 18 heavy (non-hydrogen) atoms. The Labute approximate surface area is 119 Å².